The molecule has 0 bridgehead atoms. The van der Waals surface area contributed by atoms with Crippen LogP contribution in [0.15, 0.2) is 72.7 Å². The molecule has 3 aromatic carbocycles. The lowest BCUT2D eigenvalue weighted by atomic mass is 10.0. The number of hydrogen-bond donors (Lipinski definition) is 0. The third kappa shape index (κ3) is 10.4. The van der Waals surface area contributed by atoms with Crippen molar-refractivity contribution in [3.05, 3.63) is 83.9 Å². The van der Waals surface area contributed by atoms with E-state index in [0.717, 1.165) is 43.2 Å². The summed E-state index contributed by atoms with van der Waals surface area (Å²) in [7, 11) is 0. The van der Waals surface area contributed by atoms with Crippen molar-refractivity contribution in [3.63, 3.8) is 0 Å². The van der Waals surface area contributed by atoms with E-state index < -0.39 is 24.0 Å². The van der Waals surface area contributed by atoms with Crippen molar-refractivity contribution in [1.29, 1.82) is 0 Å². The van der Waals surface area contributed by atoms with E-state index in [-0.39, 0.29) is 35.9 Å². The predicted molar refractivity (Wildman–Crippen MR) is 163 cm³/mol. The first kappa shape index (κ1) is 29.4. The van der Waals surface area contributed by atoms with Crippen molar-refractivity contribution < 1.29 is 36.1 Å². The first-order chi connectivity index (χ1) is 21.1. The van der Waals surface area contributed by atoms with E-state index in [0.29, 0.717) is 17.9 Å². The van der Waals surface area contributed by atoms with Crippen LogP contribution in [0.5, 0.6) is 11.5 Å². The second-order valence-electron chi connectivity index (χ2n) is 10.3. The van der Waals surface area contributed by atoms with Crippen molar-refractivity contribution in [1.82, 2.24) is 0 Å². The summed E-state index contributed by atoms with van der Waals surface area (Å²) in [6, 6.07) is 16.2. The van der Waals surface area contributed by atoms with Gasteiger partial charge in [0.2, 0.25) is 0 Å². The molecule has 3 rings (SSSR count). The molecule has 0 radical (unpaired) electrons. The molecule has 0 aliphatic carbocycles. The minimum Gasteiger partial charge on any atom is -0.494 e. The SMILES string of the molecule is [2H]c1cc(C(=O)Oc2ccc(-c3ccc(C(=O)O[C@@H](C)C(=O)OC[C@@H](C)CC)cc3)cc2)cc([2H])c1OCCCCCCC. The van der Waals surface area contributed by atoms with Gasteiger partial charge in [-0.05, 0) is 78.9 Å². The Morgan fingerprint density at radius 3 is 1.95 bits per heavy atom. The Labute approximate surface area is 251 Å². The molecule has 0 amide bonds. The van der Waals surface area contributed by atoms with Gasteiger partial charge in [0.25, 0.3) is 0 Å². The fourth-order valence-corrected chi connectivity index (χ4v) is 3.87. The molecule has 0 heterocycles. The van der Waals surface area contributed by atoms with Gasteiger partial charge in [-0.1, -0.05) is 77.1 Å². The summed E-state index contributed by atoms with van der Waals surface area (Å²) in [5.74, 6) is -1.18. The van der Waals surface area contributed by atoms with Crippen LogP contribution in [0.25, 0.3) is 11.1 Å². The quantitative estimate of drug-likeness (QED) is 0.0968. The highest BCUT2D eigenvalue weighted by molar-refractivity contribution is 5.92. The molecule has 0 saturated carbocycles. The highest BCUT2D eigenvalue weighted by Crippen LogP contribution is 2.24. The van der Waals surface area contributed by atoms with E-state index in [1.165, 1.54) is 25.5 Å². The summed E-state index contributed by atoms with van der Waals surface area (Å²) >= 11 is 0. The third-order valence-electron chi connectivity index (χ3n) is 6.79. The summed E-state index contributed by atoms with van der Waals surface area (Å²) in [6.45, 7) is 8.33. The molecule has 7 nitrogen and oxygen atoms in total. The van der Waals surface area contributed by atoms with E-state index in [1.54, 1.807) is 48.5 Å². The van der Waals surface area contributed by atoms with Gasteiger partial charge in [0, 0.05) is 0 Å². The first-order valence-electron chi connectivity index (χ1n) is 15.7. The molecule has 0 aromatic heterocycles. The number of benzene rings is 3. The monoisotopic (exact) mass is 576 g/mol. The second kappa shape index (κ2) is 17.0. The van der Waals surface area contributed by atoms with E-state index in [2.05, 4.69) is 6.92 Å². The Morgan fingerprint density at radius 1 is 0.738 bits per heavy atom. The molecular formula is C35H42O7. The minimum atomic E-state index is -1.02. The maximum absolute atomic E-state index is 12.7. The van der Waals surface area contributed by atoms with E-state index in [9.17, 15) is 14.4 Å². The summed E-state index contributed by atoms with van der Waals surface area (Å²) in [6.07, 6.45) is 5.23. The maximum Gasteiger partial charge on any atom is 0.347 e. The lowest BCUT2D eigenvalue weighted by molar-refractivity contribution is -0.154. The van der Waals surface area contributed by atoms with Gasteiger partial charge in [0.15, 0.2) is 6.10 Å². The molecule has 2 atom stereocenters. The van der Waals surface area contributed by atoms with Gasteiger partial charge in [0.05, 0.1) is 27.1 Å². The molecule has 0 saturated heterocycles. The first-order valence-corrected chi connectivity index (χ1v) is 14.7. The minimum absolute atomic E-state index is 0.0308. The zero-order valence-corrected chi connectivity index (χ0v) is 24.9. The van der Waals surface area contributed by atoms with Crippen LogP contribution in [0, 0.1) is 5.92 Å². The van der Waals surface area contributed by atoms with Crippen molar-refractivity contribution in [2.75, 3.05) is 13.2 Å². The lowest BCUT2D eigenvalue weighted by Gasteiger charge is -2.15. The number of rotatable bonds is 16. The van der Waals surface area contributed by atoms with Crippen LogP contribution >= 0.6 is 0 Å². The van der Waals surface area contributed by atoms with Crippen LogP contribution < -0.4 is 9.47 Å². The van der Waals surface area contributed by atoms with Crippen LogP contribution in [0.1, 0.15) is 89.7 Å². The van der Waals surface area contributed by atoms with Gasteiger partial charge in [0.1, 0.15) is 11.5 Å². The van der Waals surface area contributed by atoms with Gasteiger partial charge < -0.3 is 18.9 Å². The van der Waals surface area contributed by atoms with Gasteiger partial charge in [-0.15, -0.1) is 0 Å². The highest BCUT2D eigenvalue weighted by atomic mass is 16.6. The Kier molecular flexibility index (Phi) is 11.9. The Morgan fingerprint density at radius 2 is 1.33 bits per heavy atom. The average Bonchev–Trinajstić information content (AvgIpc) is 3.02. The van der Waals surface area contributed by atoms with Crippen LogP contribution in [0.3, 0.4) is 0 Å². The standard InChI is InChI=1S/C35H42O7/c1-5-7-8-9-10-23-39-31-19-17-30(18-20-31)35(38)42-32-21-15-28(16-22-32)27-11-13-29(14-12-27)34(37)41-26(4)33(36)40-24-25(3)6-2/h11-22,25-26H,5-10,23-24H2,1-4H3/t25-,26-/m0/s1/i19D,20D. The molecule has 0 aliphatic rings. The molecule has 0 fully saturated rings. The van der Waals surface area contributed by atoms with Crippen molar-refractivity contribution in [2.24, 2.45) is 5.92 Å². The molecule has 0 aliphatic heterocycles. The van der Waals surface area contributed by atoms with Gasteiger partial charge >= 0.3 is 17.9 Å². The smallest absolute Gasteiger partial charge is 0.347 e. The molecule has 7 heteroatoms. The number of carbonyl (C=O) groups excluding carboxylic acids is 3. The summed E-state index contributed by atoms with van der Waals surface area (Å²) in [4.78, 5) is 37.4. The molecule has 3 aromatic rings. The molecule has 224 valence electrons. The predicted octanol–water partition coefficient (Wildman–Crippen LogP) is 8.06. The Balaban J connectivity index is 1.54. The number of ether oxygens (including phenoxy) is 4. The largest absolute Gasteiger partial charge is 0.494 e. The number of hydrogen-bond acceptors (Lipinski definition) is 7. The van der Waals surface area contributed by atoms with Gasteiger partial charge in [-0.25, -0.2) is 14.4 Å². The molecule has 42 heavy (non-hydrogen) atoms. The normalized spacial score (nSPS) is 12.9. The maximum atomic E-state index is 12.7. The number of carbonyl (C=O) groups is 3. The van der Waals surface area contributed by atoms with Crippen LogP contribution in [-0.2, 0) is 14.3 Å². The van der Waals surface area contributed by atoms with Crippen LogP contribution in [0.2, 0.25) is 0 Å². The summed E-state index contributed by atoms with van der Waals surface area (Å²) in [5.41, 5.74) is 2.04. The summed E-state index contributed by atoms with van der Waals surface area (Å²) in [5, 5.41) is 0. The van der Waals surface area contributed by atoms with Crippen LogP contribution in [0.4, 0.5) is 0 Å². The average molecular weight is 577 g/mol. The zero-order chi connectivity index (χ0) is 32.1. The third-order valence-corrected chi connectivity index (χ3v) is 6.79. The van der Waals surface area contributed by atoms with Gasteiger partial charge in [-0.3, -0.25) is 0 Å². The molecule has 0 unspecified atom stereocenters. The van der Waals surface area contributed by atoms with Crippen molar-refractivity contribution >= 4 is 17.9 Å². The molecule has 0 N–H and O–H groups in total. The fraction of sp³-hybridized carbons (Fsp3) is 0.400. The van der Waals surface area contributed by atoms with Crippen molar-refractivity contribution in [3.8, 4) is 22.6 Å². The molecular weight excluding hydrogens is 532 g/mol. The van der Waals surface area contributed by atoms with Crippen molar-refractivity contribution in [2.45, 2.75) is 72.3 Å². The van der Waals surface area contributed by atoms with E-state index in [4.69, 9.17) is 21.7 Å². The Bertz CT molecular complexity index is 1360. The lowest BCUT2D eigenvalue weighted by Crippen LogP contribution is -2.27. The Hall–Kier alpha value is -4.13. The number of unbranched alkanes of at least 4 members (excludes halogenated alkanes) is 4. The van der Waals surface area contributed by atoms with E-state index >= 15 is 0 Å². The highest BCUT2D eigenvalue weighted by Gasteiger charge is 2.21. The topological polar surface area (TPSA) is 88.1 Å². The summed E-state index contributed by atoms with van der Waals surface area (Å²) < 4.78 is 38.0. The number of esters is 3. The van der Waals surface area contributed by atoms with Crippen LogP contribution in [-0.4, -0.2) is 37.2 Å². The molecule has 0 spiro atoms. The fourth-order valence-electron chi connectivity index (χ4n) is 3.87. The van der Waals surface area contributed by atoms with E-state index in [1.807, 2.05) is 13.8 Å². The second-order valence-corrected chi connectivity index (χ2v) is 10.3. The van der Waals surface area contributed by atoms with Gasteiger partial charge in [-0.2, -0.15) is 0 Å². The zero-order valence-electron chi connectivity index (χ0n) is 26.9.